The monoisotopic (exact) mass is 351 g/mol. The van der Waals surface area contributed by atoms with E-state index >= 15 is 0 Å². The smallest absolute Gasteiger partial charge is 0.270 e. The maximum atomic E-state index is 13.0. The van der Waals surface area contributed by atoms with Crippen LogP contribution in [0.2, 0.25) is 0 Å². The van der Waals surface area contributed by atoms with Crippen molar-refractivity contribution >= 4 is 5.91 Å². The molecule has 26 heavy (non-hydrogen) atoms. The number of hydrogen-bond acceptors (Lipinski definition) is 3. The number of nitrogens with zero attached hydrogens (tertiary/aromatic N) is 3. The van der Waals surface area contributed by atoms with Crippen LogP contribution in [-0.2, 0) is 6.54 Å². The summed E-state index contributed by atoms with van der Waals surface area (Å²) in [4.78, 5) is 17.6. The number of hydrogen-bond donors (Lipinski definition) is 0. The number of carbonyl (C=O) groups excluding carboxylic acids is 1. The Bertz CT molecular complexity index is 809. The Balaban J connectivity index is 1.37. The third-order valence-electron chi connectivity index (χ3n) is 6.07. The first-order valence-corrected chi connectivity index (χ1v) is 9.56. The Morgan fingerprint density at radius 2 is 1.85 bits per heavy atom. The van der Waals surface area contributed by atoms with E-state index in [2.05, 4.69) is 32.7 Å². The molecule has 1 saturated heterocycles. The molecule has 0 N–H and O–H groups in total. The minimum absolute atomic E-state index is 0.217. The van der Waals surface area contributed by atoms with Gasteiger partial charge in [-0.1, -0.05) is 12.1 Å². The highest BCUT2D eigenvalue weighted by Crippen LogP contribution is 2.38. The van der Waals surface area contributed by atoms with Gasteiger partial charge in [0.15, 0.2) is 0 Å². The van der Waals surface area contributed by atoms with Crippen molar-refractivity contribution in [2.45, 2.75) is 31.5 Å². The number of aromatic nitrogens is 1. The van der Waals surface area contributed by atoms with Gasteiger partial charge in [0.2, 0.25) is 0 Å². The molecule has 2 fully saturated rings. The maximum Gasteiger partial charge on any atom is 0.270 e. The van der Waals surface area contributed by atoms with Crippen molar-refractivity contribution in [2.75, 3.05) is 26.7 Å². The van der Waals surface area contributed by atoms with Crippen LogP contribution in [0.25, 0.3) is 0 Å². The molecule has 3 aliphatic rings. The molecule has 2 aromatic rings. The molecule has 5 nitrogen and oxygen atoms in total. The number of carbonyl (C=O) groups is 1. The standard InChI is InChI=1S/C21H25N3O2/c1-26-17-8-6-15(7-9-17)11-22-13-19-20(14-22)24(12-16-4-5-16)21(25)18-3-2-10-23(18)19/h2-3,6-10,16,19-20H,4-5,11-14H2,1H3/t19-,20+/m0/s1. The summed E-state index contributed by atoms with van der Waals surface area (Å²) in [6.45, 7) is 3.79. The maximum absolute atomic E-state index is 13.0. The van der Waals surface area contributed by atoms with E-state index < -0.39 is 0 Å². The van der Waals surface area contributed by atoms with E-state index in [1.54, 1.807) is 7.11 Å². The van der Waals surface area contributed by atoms with Crippen LogP contribution in [0.1, 0.15) is 34.9 Å². The van der Waals surface area contributed by atoms with Crippen LogP contribution in [0.15, 0.2) is 42.6 Å². The van der Waals surface area contributed by atoms with Crippen molar-refractivity contribution < 1.29 is 9.53 Å². The molecule has 1 aromatic carbocycles. The molecule has 1 aromatic heterocycles. The van der Waals surface area contributed by atoms with E-state index in [0.29, 0.717) is 12.1 Å². The predicted molar refractivity (Wildman–Crippen MR) is 99.3 cm³/mol. The highest BCUT2D eigenvalue weighted by molar-refractivity contribution is 5.94. The molecule has 5 heteroatoms. The van der Waals surface area contributed by atoms with Gasteiger partial charge in [0.05, 0.1) is 19.2 Å². The van der Waals surface area contributed by atoms with Gasteiger partial charge in [-0.15, -0.1) is 0 Å². The fourth-order valence-corrected chi connectivity index (χ4v) is 4.50. The number of fused-ring (bicyclic) bond motifs is 3. The van der Waals surface area contributed by atoms with E-state index in [4.69, 9.17) is 4.74 Å². The molecule has 3 heterocycles. The lowest BCUT2D eigenvalue weighted by Crippen LogP contribution is -2.51. The van der Waals surface area contributed by atoms with Crippen LogP contribution >= 0.6 is 0 Å². The summed E-state index contributed by atoms with van der Waals surface area (Å²) in [6, 6.07) is 13.0. The molecular weight excluding hydrogens is 326 g/mol. The van der Waals surface area contributed by atoms with Crippen LogP contribution in [0.5, 0.6) is 5.75 Å². The molecule has 0 bridgehead atoms. The average Bonchev–Trinajstić information content (AvgIpc) is 3.17. The van der Waals surface area contributed by atoms with Gasteiger partial charge < -0.3 is 14.2 Å². The fraction of sp³-hybridized carbons (Fsp3) is 0.476. The molecule has 2 atom stereocenters. The van der Waals surface area contributed by atoms with Crippen molar-refractivity contribution in [1.29, 1.82) is 0 Å². The van der Waals surface area contributed by atoms with Crippen LogP contribution < -0.4 is 4.74 Å². The van der Waals surface area contributed by atoms with Crippen molar-refractivity contribution in [3.05, 3.63) is 53.9 Å². The second kappa shape index (κ2) is 6.16. The summed E-state index contributed by atoms with van der Waals surface area (Å²) in [5, 5.41) is 0. The lowest BCUT2D eigenvalue weighted by Gasteiger charge is -2.38. The van der Waals surface area contributed by atoms with Gasteiger partial charge in [-0.05, 0) is 48.6 Å². The van der Waals surface area contributed by atoms with Crippen LogP contribution in [0, 0.1) is 5.92 Å². The van der Waals surface area contributed by atoms with Gasteiger partial charge >= 0.3 is 0 Å². The molecule has 0 unspecified atom stereocenters. The molecule has 0 spiro atoms. The summed E-state index contributed by atoms with van der Waals surface area (Å²) in [7, 11) is 1.69. The zero-order chi connectivity index (χ0) is 17.7. The molecular formula is C21H25N3O2. The largest absolute Gasteiger partial charge is 0.497 e. The minimum Gasteiger partial charge on any atom is -0.497 e. The van der Waals surface area contributed by atoms with Crippen molar-refractivity contribution in [3.8, 4) is 5.75 Å². The van der Waals surface area contributed by atoms with E-state index in [1.807, 2.05) is 24.3 Å². The number of benzene rings is 1. The number of amides is 1. The minimum atomic E-state index is 0.217. The van der Waals surface area contributed by atoms with E-state index in [1.165, 1.54) is 18.4 Å². The van der Waals surface area contributed by atoms with Crippen molar-refractivity contribution in [1.82, 2.24) is 14.4 Å². The van der Waals surface area contributed by atoms with Crippen LogP contribution in [0.3, 0.4) is 0 Å². The molecule has 136 valence electrons. The fourth-order valence-electron chi connectivity index (χ4n) is 4.50. The average molecular weight is 351 g/mol. The summed E-state index contributed by atoms with van der Waals surface area (Å²) >= 11 is 0. The quantitative estimate of drug-likeness (QED) is 0.831. The topological polar surface area (TPSA) is 37.7 Å². The van der Waals surface area contributed by atoms with Crippen LogP contribution in [0.4, 0.5) is 0 Å². The lowest BCUT2D eigenvalue weighted by molar-refractivity contribution is 0.0565. The third kappa shape index (κ3) is 2.71. The van der Waals surface area contributed by atoms with Crippen LogP contribution in [-0.4, -0.2) is 53.1 Å². The lowest BCUT2D eigenvalue weighted by atomic mass is 10.1. The first-order chi connectivity index (χ1) is 12.7. The number of rotatable bonds is 5. The Morgan fingerprint density at radius 1 is 1.08 bits per heavy atom. The zero-order valence-corrected chi connectivity index (χ0v) is 15.2. The SMILES string of the molecule is COc1ccc(CN2C[C@@H]3[C@H](C2)n2cccc2C(=O)N3CC2CC2)cc1. The summed E-state index contributed by atoms with van der Waals surface area (Å²) in [6.07, 6.45) is 4.63. The number of ether oxygens (including phenoxy) is 1. The molecule has 2 aliphatic heterocycles. The van der Waals surface area contributed by atoms with Gasteiger partial charge in [-0.2, -0.15) is 0 Å². The summed E-state index contributed by atoms with van der Waals surface area (Å²) in [5.74, 6) is 1.83. The zero-order valence-electron chi connectivity index (χ0n) is 15.2. The van der Waals surface area contributed by atoms with E-state index in [0.717, 1.165) is 43.5 Å². The Hall–Kier alpha value is -2.27. The van der Waals surface area contributed by atoms with Gasteiger partial charge in [-0.3, -0.25) is 9.69 Å². The Kier molecular flexibility index (Phi) is 3.78. The first kappa shape index (κ1) is 15.9. The Labute approximate surface area is 154 Å². The van der Waals surface area contributed by atoms with Gasteiger partial charge in [0, 0.05) is 32.4 Å². The number of methoxy groups -OCH3 is 1. The molecule has 5 rings (SSSR count). The second-order valence-electron chi connectivity index (χ2n) is 7.88. The Morgan fingerprint density at radius 3 is 2.58 bits per heavy atom. The normalized spacial score (nSPS) is 25.3. The van der Waals surface area contributed by atoms with Gasteiger partial charge in [-0.25, -0.2) is 0 Å². The highest BCUT2D eigenvalue weighted by Gasteiger charge is 2.46. The predicted octanol–water partition coefficient (Wildman–Crippen LogP) is 2.79. The molecule has 1 amide bonds. The van der Waals surface area contributed by atoms with Gasteiger partial charge in [0.1, 0.15) is 11.4 Å². The number of likely N-dealkylation sites (tertiary alicyclic amines) is 1. The highest BCUT2D eigenvalue weighted by atomic mass is 16.5. The molecule has 1 saturated carbocycles. The van der Waals surface area contributed by atoms with Crippen molar-refractivity contribution in [3.63, 3.8) is 0 Å². The summed E-state index contributed by atoms with van der Waals surface area (Å²) in [5.41, 5.74) is 2.15. The third-order valence-corrected chi connectivity index (χ3v) is 6.07. The van der Waals surface area contributed by atoms with E-state index in [-0.39, 0.29) is 5.91 Å². The van der Waals surface area contributed by atoms with Crippen molar-refractivity contribution in [2.24, 2.45) is 5.92 Å². The first-order valence-electron chi connectivity index (χ1n) is 9.56. The second-order valence-corrected chi connectivity index (χ2v) is 7.88. The molecule has 1 aliphatic carbocycles. The molecule has 0 radical (unpaired) electrons. The van der Waals surface area contributed by atoms with E-state index in [9.17, 15) is 4.79 Å². The summed E-state index contributed by atoms with van der Waals surface area (Å²) < 4.78 is 7.47. The van der Waals surface area contributed by atoms with Gasteiger partial charge in [0.25, 0.3) is 5.91 Å².